The molecule has 2 rings (SSSR count). The van der Waals surface area contributed by atoms with Crippen LogP contribution < -0.4 is 10.1 Å². The molecule has 0 bridgehead atoms. The zero-order valence-electron chi connectivity index (χ0n) is 10.9. The molecule has 2 N–H and O–H groups in total. The second-order valence-corrected chi connectivity index (χ2v) is 4.78. The van der Waals surface area contributed by atoms with Crippen molar-refractivity contribution < 1.29 is 9.84 Å². The second kappa shape index (κ2) is 6.45. The third-order valence-electron chi connectivity index (χ3n) is 3.42. The van der Waals surface area contributed by atoms with Crippen LogP contribution in [0, 0.1) is 5.92 Å². The lowest BCUT2D eigenvalue weighted by Crippen LogP contribution is -2.23. The Kier molecular flexibility index (Phi) is 4.65. The Balaban J connectivity index is 1.81. The maximum absolute atomic E-state index is 9.83. The highest BCUT2D eigenvalue weighted by atomic mass is 16.5. The number of aromatic hydroxyl groups is 1. The number of nitrogens with one attached hydrogen (secondary N) is 1. The van der Waals surface area contributed by atoms with E-state index < -0.39 is 0 Å². The summed E-state index contributed by atoms with van der Waals surface area (Å²) >= 11 is 0. The molecule has 1 unspecified atom stereocenters. The predicted octanol–water partition coefficient (Wildman–Crippen LogP) is 2.85. The summed E-state index contributed by atoms with van der Waals surface area (Å²) in [7, 11) is 1.60. The van der Waals surface area contributed by atoms with Crippen LogP contribution in [0.4, 0.5) is 0 Å². The number of rotatable bonds is 5. The summed E-state index contributed by atoms with van der Waals surface area (Å²) in [6, 6.07) is 5.43. The van der Waals surface area contributed by atoms with Crippen molar-refractivity contribution in [3.63, 3.8) is 0 Å². The van der Waals surface area contributed by atoms with Crippen LogP contribution in [-0.2, 0) is 6.54 Å². The van der Waals surface area contributed by atoms with E-state index in [9.17, 15) is 5.11 Å². The van der Waals surface area contributed by atoms with E-state index in [1.165, 1.54) is 19.3 Å². The van der Waals surface area contributed by atoms with Gasteiger partial charge in [-0.15, -0.1) is 0 Å². The van der Waals surface area contributed by atoms with Gasteiger partial charge in [0.2, 0.25) is 0 Å². The number of hydrogen-bond acceptors (Lipinski definition) is 3. The summed E-state index contributed by atoms with van der Waals surface area (Å²) in [5.41, 5.74) is 0.919. The van der Waals surface area contributed by atoms with E-state index in [0.29, 0.717) is 18.0 Å². The molecule has 1 aliphatic carbocycles. The maximum Gasteiger partial charge on any atom is 0.123 e. The Morgan fingerprint density at radius 3 is 2.94 bits per heavy atom. The molecule has 0 heterocycles. The quantitative estimate of drug-likeness (QED) is 0.786. The summed E-state index contributed by atoms with van der Waals surface area (Å²) in [5.74, 6) is 1.72. The molecule has 3 heteroatoms. The first kappa shape index (κ1) is 13.0. The van der Waals surface area contributed by atoms with Crippen LogP contribution in [-0.4, -0.2) is 18.8 Å². The van der Waals surface area contributed by atoms with E-state index in [0.717, 1.165) is 18.0 Å². The average molecular weight is 247 g/mol. The smallest absolute Gasteiger partial charge is 0.123 e. The SMILES string of the molecule is COc1ccc(CNCC2CC=CCC2)c(O)c1. The molecule has 1 aliphatic rings. The normalized spacial score (nSPS) is 18.8. The van der Waals surface area contributed by atoms with E-state index in [-0.39, 0.29) is 0 Å². The van der Waals surface area contributed by atoms with Gasteiger partial charge in [0.15, 0.2) is 0 Å². The largest absolute Gasteiger partial charge is 0.507 e. The number of allylic oxidation sites excluding steroid dienone is 2. The summed E-state index contributed by atoms with van der Waals surface area (Å²) < 4.78 is 5.06. The molecule has 98 valence electrons. The number of methoxy groups -OCH3 is 1. The molecule has 0 aromatic heterocycles. The third kappa shape index (κ3) is 3.50. The van der Waals surface area contributed by atoms with E-state index in [2.05, 4.69) is 17.5 Å². The molecule has 1 aromatic carbocycles. The lowest BCUT2D eigenvalue weighted by atomic mass is 9.94. The summed E-state index contributed by atoms with van der Waals surface area (Å²) in [6.45, 7) is 1.71. The molecule has 0 radical (unpaired) electrons. The van der Waals surface area contributed by atoms with Crippen LogP contribution >= 0.6 is 0 Å². The highest BCUT2D eigenvalue weighted by molar-refractivity contribution is 5.39. The van der Waals surface area contributed by atoms with Crippen molar-refractivity contribution >= 4 is 0 Å². The predicted molar refractivity (Wildman–Crippen MR) is 72.8 cm³/mol. The van der Waals surface area contributed by atoms with Gasteiger partial charge in [0.1, 0.15) is 11.5 Å². The summed E-state index contributed by atoms with van der Waals surface area (Å²) in [6.07, 6.45) is 8.15. The molecule has 1 aromatic rings. The maximum atomic E-state index is 9.83. The molecule has 3 nitrogen and oxygen atoms in total. The Labute approximate surface area is 108 Å². The minimum Gasteiger partial charge on any atom is -0.507 e. The molecule has 0 fully saturated rings. The van der Waals surface area contributed by atoms with Crippen LogP contribution in [0.1, 0.15) is 24.8 Å². The zero-order chi connectivity index (χ0) is 12.8. The van der Waals surface area contributed by atoms with Gasteiger partial charge >= 0.3 is 0 Å². The van der Waals surface area contributed by atoms with Crippen LogP contribution in [0.5, 0.6) is 11.5 Å². The lowest BCUT2D eigenvalue weighted by Gasteiger charge is -2.18. The number of phenolic OH excluding ortho intramolecular Hbond substituents is 1. The van der Waals surface area contributed by atoms with Gasteiger partial charge in [-0.3, -0.25) is 0 Å². The second-order valence-electron chi connectivity index (χ2n) is 4.78. The molecular weight excluding hydrogens is 226 g/mol. The Morgan fingerprint density at radius 1 is 1.39 bits per heavy atom. The fraction of sp³-hybridized carbons (Fsp3) is 0.467. The van der Waals surface area contributed by atoms with Crippen molar-refractivity contribution in [1.82, 2.24) is 5.32 Å². The zero-order valence-corrected chi connectivity index (χ0v) is 10.9. The molecule has 18 heavy (non-hydrogen) atoms. The lowest BCUT2D eigenvalue weighted by molar-refractivity contribution is 0.404. The van der Waals surface area contributed by atoms with E-state index in [1.807, 2.05) is 12.1 Å². The molecule has 0 aliphatic heterocycles. The van der Waals surface area contributed by atoms with Crippen molar-refractivity contribution in [2.45, 2.75) is 25.8 Å². The van der Waals surface area contributed by atoms with Gasteiger partial charge in [-0.05, 0) is 37.8 Å². The molecule has 1 atom stereocenters. The van der Waals surface area contributed by atoms with E-state index >= 15 is 0 Å². The topological polar surface area (TPSA) is 41.5 Å². The van der Waals surface area contributed by atoms with Crippen molar-refractivity contribution in [1.29, 1.82) is 0 Å². The van der Waals surface area contributed by atoms with Crippen LogP contribution in [0.3, 0.4) is 0 Å². The van der Waals surface area contributed by atoms with Gasteiger partial charge in [-0.1, -0.05) is 18.2 Å². The van der Waals surface area contributed by atoms with Gasteiger partial charge in [0.05, 0.1) is 7.11 Å². The van der Waals surface area contributed by atoms with Crippen LogP contribution in [0.15, 0.2) is 30.4 Å². The highest BCUT2D eigenvalue weighted by Gasteiger charge is 2.09. The number of ether oxygens (including phenoxy) is 1. The van der Waals surface area contributed by atoms with Gasteiger partial charge in [-0.25, -0.2) is 0 Å². The van der Waals surface area contributed by atoms with Gasteiger partial charge in [-0.2, -0.15) is 0 Å². The monoisotopic (exact) mass is 247 g/mol. The first-order valence-corrected chi connectivity index (χ1v) is 6.51. The number of hydrogen-bond donors (Lipinski definition) is 2. The Bertz CT molecular complexity index is 415. The highest BCUT2D eigenvalue weighted by Crippen LogP contribution is 2.23. The van der Waals surface area contributed by atoms with Gasteiger partial charge in [0.25, 0.3) is 0 Å². The van der Waals surface area contributed by atoms with Crippen LogP contribution in [0.25, 0.3) is 0 Å². The minimum atomic E-state index is 0.297. The molecule has 0 saturated heterocycles. The van der Waals surface area contributed by atoms with E-state index in [1.54, 1.807) is 13.2 Å². The summed E-state index contributed by atoms with van der Waals surface area (Å²) in [5, 5.41) is 13.2. The van der Waals surface area contributed by atoms with Crippen molar-refractivity contribution in [3.8, 4) is 11.5 Å². The van der Waals surface area contributed by atoms with E-state index in [4.69, 9.17) is 4.74 Å². The van der Waals surface area contributed by atoms with Crippen LogP contribution in [0.2, 0.25) is 0 Å². The Hall–Kier alpha value is -1.48. The molecule has 0 amide bonds. The Morgan fingerprint density at radius 2 is 2.28 bits per heavy atom. The standard InChI is InChI=1S/C15H21NO2/c1-18-14-8-7-13(15(17)9-14)11-16-10-12-5-3-2-4-6-12/h2-3,7-9,12,16-17H,4-6,10-11H2,1H3. The number of benzene rings is 1. The van der Waals surface area contributed by atoms with Gasteiger partial charge in [0, 0.05) is 18.2 Å². The third-order valence-corrected chi connectivity index (χ3v) is 3.42. The fourth-order valence-corrected chi connectivity index (χ4v) is 2.27. The minimum absolute atomic E-state index is 0.297. The molecular formula is C15H21NO2. The first-order valence-electron chi connectivity index (χ1n) is 6.51. The number of phenols is 1. The summed E-state index contributed by atoms with van der Waals surface area (Å²) in [4.78, 5) is 0. The molecule has 0 spiro atoms. The van der Waals surface area contributed by atoms with Crippen molar-refractivity contribution in [3.05, 3.63) is 35.9 Å². The molecule has 0 saturated carbocycles. The van der Waals surface area contributed by atoms with Gasteiger partial charge < -0.3 is 15.2 Å². The first-order chi connectivity index (χ1) is 8.79. The van der Waals surface area contributed by atoms with Crippen molar-refractivity contribution in [2.24, 2.45) is 5.92 Å². The van der Waals surface area contributed by atoms with Crippen molar-refractivity contribution in [2.75, 3.05) is 13.7 Å². The fourth-order valence-electron chi connectivity index (χ4n) is 2.27. The average Bonchev–Trinajstić information content (AvgIpc) is 2.42.